The van der Waals surface area contributed by atoms with Crippen molar-refractivity contribution < 1.29 is 4.39 Å². The third kappa shape index (κ3) is 3.94. The highest BCUT2D eigenvalue weighted by Gasteiger charge is 2.35. The first-order valence-corrected chi connectivity index (χ1v) is 12.6. The highest BCUT2D eigenvalue weighted by atomic mass is 19.1. The van der Waals surface area contributed by atoms with Gasteiger partial charge in [-0.3, -0.25) is 4.98 Å². The summed E-state index contributed by atoms with van der Waals surface area (Å²) in [5, 5.41) is 10.1. The van der Waals surface area contributed by atoms with Crippen LogP contribution in [0.2, 0.25) is 0 Å². The maximum atomic E-state index is 14.1. The van der Waals surface area contributed by atoms with E-state index in [-0.39, 0.29) is 0 Å². The number of nitrogens with zero attached hydrogens (tertiary/aromatic N) is 7. The molecule has 4 aromatic rings. The lowest BCUT2D eigenvalue weighted by atomic mass is 9.75. The Balaban J connectivity index is 1.45. The highest BCUT2D eigenvalue weighted by Crippen LogP contribution is 2.39. The maximum Gasteiger partial charge on any atom is 0.164 e. The van der Waals surface area contributed by atoms with Crippen LogP contribution in [0.5, 0.6) is 0 Å². The van der Waals surface area contributed by atoms with Gasteiger partial charge in [0.15, 0.2) is 5.65 Å². The van der Waals surface area contributed by atoms with Crippen LogP contribution in [0, 0.1) is 30.0 Å². The molecule has 0 spiro atoms. The molecule has 8 heteroatoms. The van der Waals surface area contributed by atoms with Crippen LogP contribution in [0.25, 0.3) is 22.6 Å². The Hall–Kier alpha value is -3.70. The van der Waals surface area contributed by atoms with E-state index >= 15 is 0 Å². The summed E-state index contributed by atoms with van der Waals surface area (Å²) in [6.07, 6.45) is 5.94. The molecule has 1 atom stereocenters. The number of hydrogen-bond donors (Lipinski definition) is 0. The molecule has 0 aliphatic carbocycles. The first-order valence-electron chi connectivity index (χ1n) is 12.6. The van der Waals surface area contributed by atoms with Crippen LogP contribution in [-0.2, 0) is 13.0 Å². The quantitative estimate of drug-likeness (QED) is 0.413. The number of imidazole rings is 1. The van der Waals surface area contributed by atoms with Gasteiger partial charge in [-0.2, -0.15) is 5.26 Å². The number of nitriles is 1. The Bertz CT molecular complexity index is 1490. The summed E-state index contributed by atoms with van der Waals surface area (Å²) in [4.78, 5) is 20.7. The molecule has 182 valence electrons. The van der Waals surface area contributed by atoms with Crippen molar-refractivity contribution in [2.45, 2.75) is 45.6 Å². The molecule has 3 aromatic heterocycles. The molecular formula is C28H28FN7. The second kappa shape index (κ2) is 9.07. The van der Waals surface area contributed by atoms with Crippen molar-refractivity contribution in [3.8, 4) is 17.5 Å². The first kappa shape index (κ1) is 22.7. The van der Waals surface area contributed by atoms with Crippen molar-refractivity contribution in [1.29, 1.82) is 5.26 Å². The Morgan fingerprint density at radius 3 is 2.64 bits per heavy atom. The zero-order valence-electron chi connectivity index (χ0n) is 20.6. The van der Waals surface area contributed by atoms with Gasteiger partial charge >= 0.3 is 0 Å². The van der Waals surface area contributed by atoms with Gasteiger partial charge in [0.1, 0.15) is 23.0 Å². The predicted octanol–water partition coefficient (Wildman–Crippen LogP) is 4.63. The normalized spacial score (nSPS) is 21.1. The second-order valence-corrected chi connectivity index (χ2v) is 9.94. The molecule has 2 bridgehead atoms. The fraction of sp³-hybridized carbons (Fsp3) is 0.393. The fourth-order valence-corrected chi connectivity index (χ4v) is 5.84. The summed E-state index contributed by atoms with van der Waals surface area (Å²) in [6, 6.07) is 10.2. The van der Waals surface area contributed by atoms with Gasteiger partial charge in [-0.05, 0) is 68.0 Å². The number of halogens is 1. The molecule has 0 N–H and O–H groups in total. The summed E-state index contributed by atoms with van der Waals surface area (Å²) < 4.78 is 16.1. The number of hydrogen-bond acceptors (Lipinski definition) is 6. The molecule has 1 aromatic carbocycles. The van der Waals surface area contributed by atoms with Gasteiger partial charge in [0, 0.05) is 24.7 Å². The molecule has 0 amide bonds. The topological polar surface area (TPSA) is 83.5 Å². The molecule has 1 unspecified atom stereocenters. The molecule has 0 saturated carbocycles. The highest BCUT2D eigenvalue weighted by molar-refractivity contribution is 5.79. The van der Waals surface area contributed by atoms with E-state index in [9.17, 15) is 9.65 Å². The first-order chi connectivity index (χ1) is 17.5. The number of aromatic nitrogens is 5. The lowest BCUT2D eigenvalue weighted by molar-refractivity contribution is 0.0871. The van der Waals surface area contributed by atoms with E-state index in [2.05, 4.69) is 39.1 Å². The van der Waals surface area contributed by atoms with E-state index < -0.39 is 5.82 Å². The fourth-order valence-electron chi connectivity index (χ4n) is 5.84. The van der Waals surface area contributed by atoms with E-state index in [4.69, 9.17) is 9.97 Å². The molecular weight excluding hydrogens is 453 g/mol. The minimum absolute atomic E-state index is 0.394. The van der Waals surface area contributed by atoms with Crippen molar-refractivity contribution in [1.82, 2.24) is 29.4 Å². The molecule has 3 aliphatic heterocycles. The van der Waals surface area contributed by atoms with Crippen molar-refractivity contribution in [2.75, 3.05) is 19.6 Å². The summed E-state index contributed by atoms with van der Waals surface area (Å²) in [6.45, 7) is 7.78. The Labute approximate surface area is 209 Å². The summed E-state index contributed by atoms with van der Waals surface area (Å²) >= 11 is 0. The molecule has 3 fully saturated rings. The monoisotopic (exact) mass is 481 g/mol. The Morgan fingerprint density at radius 1 is 1.11 bits per heavy atom. The third-order valence-electron chi connectivity index (χ3n) is 7.76. The average molecular weight is 482 g/mol. The largest absolute Gasteiger partial charge is 0.304 e. The van der Waals surface area contributed by atoms with Gasteiger partial charge in [-0.25, -0.2) is 19.3 Å². The Kier molecular flexibility index (Phi) is 5.73. The van der Waals surface area contributed by atoms with Crippen LogP contribution >= 0.6 is 0 Å². The van der Waals surface area contributed by atoms with Crippen molar-refractivity contribution >= 4 is 11.2 Å². The van der Waals surface area contributed by atoms with Gasteiger partial charge < -0.3 is 9.47 Å². The van der Waals surface area contributed by atoms with Crippen LogP contribution in [0.15, 0.2) is 36.7 Å². The summed E-state index contributed by atoms with van der Waals surface area (Å²) in [5.74, 6) is 2.04. The third-order valence-corrected chi connectivity index (χ3v) is 7.76. The minimum atomic E-state index is -0.428. The van der Waals surface area contributed by atoms with Gasteiger partial charge in [0.05, 0.1) is 30.1 Å². The molecule has 7 rings (SSSR count). The lowest BCUT2D eigenvalue weighted by Gasteiger charge is -2.45. The van der Waals surface area contributed by atoms with Crippen molar-refractivity contribution in [3.05, 3.63) is 70.7 Å². The van der Waals surface area contributed by atoms with Crippen LogP contribution in [0.4, 0.5) is 4.39 Å². The van der Waals surface area contributed by atoms with Crippen LogP contribution in [-0.4, -0.2) is 49.0 Å². The van der Waals surface area contributed by atoms with Crippen molar-refractivity contribution in [2.24, 2.45) is 5.92 Å². The van der Waals surface area contributed by atoms with Crippen LogP contribution in [0.3, 0.4) is 0 Å². The summed E-state index contributed by atoms with van der Waals surface area (Å²) in [7, 11) is 0. The SMILES string of the molecule is CCc1nc(C)c2nc(-c3cncc(F)c3)n(Cc3ccc(C4CN5CCC4CC5)cc3C#N)c2n1. The number of aryl methyl sites for hydroxylation is 2. The molecule has 36 heavy (non-hydrogen) atoms. The minimum Gasteiger partial charge on any atom is -0.304 e. The molecule has 0 radical (unpaired) electrons. The average Bonchev–Trinajstić information content (AvgIpc) is 3.28. The van der Waals surface area contributed by atoms with E-state index in [0.29, 0.717) is 52.9 Å². The molecule has 6 heterocycles. The van der Waals surface area contributed by atoms with Gasteiger partial charge in [0.25, 0.3) is 0 Å². The number of piperidine rings is 3. The van der Waals surface area contributed by atoms with E-state index in [1.807, 2.05) is 18.4 Å². The number of pyridine rings is 1. The standard InChI is InChI=1S/C28H28FN7/c1-3-25-32-17(2)26-28(33-25)36(27(34-26)22-11-23(29)14-31-13-22)15-20-5-4-19(10-21(20)12-30)24-16-35-8-6-18(24)7-9-35/h4-5,10-11,13-14,18,24H,3,6-9,15-16H2,1-2H3. The van der Waals surface area contributed by atoms with E-state index in [0.717, 1.165) is 23.6 Å². The molecule has 3 aliphatic rings. The van der Waals surface area contributed by atoms with Gasteiger partial charge in [-0.15, -0.1) is 0 Å². The zero-order valence-corrected chi connectivity index (χ0v) is 20.6. The summed E-state index contributed by atoms with van der Waals surface area (Å²) in [5.41, 5.74) is 5.50. The number of rotatable bonds is 5. The Morgan fingerprint density at radius 2 is 1.94 bits per heavy atom. The van der Waals surface area contributed by atoms with Crippen molar-refractivity contribution in [3.63, 3.8) is 0 Å². The lowest BCUT2D eigenvalue weighted by Crippen LogP contribution is -2.46. The van der Waals surface area contributed by atoms with E-state index in [1.54, 1.807) is 6.20 Å². The molecule has 3 saturated heterocycles. The maximum absolute atomic E-state index is 14.1. The smallest absolute Gasteiger partial charge is 0.164 e. The van der Waals surface area contributed by atoms with E-state index in [1.165, 1.54) is 43.8 Å². The van der Waals surface area contributed by atoms with Crippen LogP contribution < -0.4 is 0 Å². The predicted molar refractivity (Wildman–Crippen MR) is 135 cm³/mol. The zero-order chi connectivity index (χ0) is 24.8. The molecule has 7 nitrogen and oxygen atoms in total. The number of benzene rings is 1. The van der Waals surface area contributed by atoms with Crippen LogP contribution in [0.1, 0.15) is 53.9 Å². The van der Waals surface area contributed by atoms with Gasteiger partial charge in [-0.1, -0.05) is 19.1 Å². The van der Waals surface area contributed by atoms with Gasteiger partial charge in [0.2, 0.25) is 0 Å². The number of fused-ring (bicyclic) bond motifs is 4. The second-order valence-electron chi connectivity index (χ2n) is 9.94.